The Morgan fingerprint density at radius 3 is 2.81 bits per heavy atom. The predicted molar refractivity (Wildman–Crippen MR) is 84.0 cm³/mol. The number of halogens is 1. The molecule has 5 heteroatoms. The van der Waals surface area contributed by atoms with Crippen LogP contribution in [0.4, 0.5) is 0 Å². The highest BCUT2D eigenvalue weighted by atomic mass is 79.9. The number of rotatable bonds is 4. The minimum absolute atomic E-state index is 0.102. The summed E-state index contributed by atoms with van der Waals surface area (Å²) in [6.07, 6.45) is 2.68. The molecule has 1 fully saturated rings. The van der Waals surface area contributed by atoms with Crippen molar-refractivity contribution in [1.82, 2.24) is 4.90 Å². The van der Waals surface area contributed by atoms with Crippen LogP contribution in [0.5, 0.6) is 0 Å². The molecule has 1 saturated heterocycles. The van der Waals surface area contributed by atoms with Gasteiger partial charge in [-0.25, -0.2) is 4.79 Å². The van der Waals surface area contributed by atoms with Gasteiger partial charge in [0.2, 0.25) is 5.91 Å². The SMILES string of the molecule is CCC1CCN(C(=O)Cc2cccc(Br)c2)C(C(=O)O)C1. The van der Waals surface area contributed by atoms with Crippen LogP contribution in [0.25, 0.3) is 0 Å². The van der Waals surface area contributed by atoms with Crippen molar-refractivity contribution in [2.24, 2.45) is 5.92 Å². The number of amides is 1. The number of carbonyl (C=O) groups is 2. The smallest absolute Gasteiger partial charge is 0.326 e. The summed E-state index contributed by atoms with van der Waals surface area (Å²) < 4.78 is 0.923. The fourth-order valence-electron chi connectivity index (χ4n) is 2.86. The second kappa shape index (κ2) is 7.07. The lowest BCUT2D eigenvalue weighted by molar-refractivity contribution is -0.152. The van der Waals surface area contributed by atoms with Crippen LogP contribution in [0.15, 0.2) is 28.7 Å². The first kappa shape index (κ1) is 16.0. The molecule has 1 heterocycles. The standard InChI is InChI=1S/C16H20BrNO3/c1-2-11-6-7-18(14(9-11)16(20)21)15(19)10-12-4-3-5-13(17)8-12/h3-5,8,11,14H,2,6-7,9-10H2,1H3,(H,20,21). The average Bonchev–Trinajstić information content (AvgIpc) is 2.46. The van der Waals surface area contributed by atoms with E-state index in [4.69, 9.17) is 0 Å². The van der Waals surface area contributed by atoms with Crippen LogP contribution in [-0.4, -0.2) is 34.5 Å². The van der Waals surface area contributed by atoms with E-state index in [2.05, 4.69) is 22.9 Å². The first-order valence-electron chi connectivity index (χ1n) is 7.28. The zero-order chi connectivity index (χ0) is 15.4. The van der Waals surface area contributed by atoms with E-state index in [1.807, 2.05) is 24.3 Å². The Morgan fingerprint density at radius 1 is 1.43 bits per heavy atom. The summed E-state index contributed by atoms with van der Waals surface area (Å²) in [5.74, 6) is -0.591. The van der Waals surface area contributed by atoms with Crippen molar-refractivity contribution in [3.63, 3.8) is 0 Å². The van der Waals surface area contributed by atoms with Gasteiger partial charge in [0.05, 0.1) is 6.42 Å². The number of nitrogens with zero attached hydrogens (tertiary/aromatic N) is 1. The fraction of sp³-hybridized carbons (Fsp3) is 0.500. The van der Waals surface area contributed by atoms with Crippen LogP contribution in [-0.2, 0) is 16.0 Å². The minimum Gasteiger partial charge on any atom is -0.480 e. The molecule has 2 unspecified atom stereocenters. The second-order valence-corrected chi connectivity index (χ2v) is 6.46. The summed E-state index contributed by atoms with van der Waals surface area (Å²) in [4.78, 5) is 25.4. The average molecular weight is 354 g/mol. The number of hydrogen-bond donors (Lipinski definition) is 1. The van der Waals surface area contributed by atoms with Gasteiger partial charge in [0.15, 0.2) is 0 Å². The molecule has 114 valence electrons. The molecular formula is C16H20BrNO3. The van der Waals surface area contributed by atoms with E-state index < -0.39 is 12.0 Å². The highest BCUT2D eigenvalue weighted by molar-refractivity contribution is 9.10. The van der Waals surface area contributed by atoms with Gasteiger partial charge in [0.25, 0.3) is 0 Å². The van der Waals surface area contributed by atoms with Gasteiger partial charge in [-0.1, -0.05) is 41.4 Å². The van der Waals surface area contributed by atoms with Crippen LogP contribution in [0, 0.1) is 5.92 Å². The van der Waals surface area contributed by atoms with Gasteiger partial charge in [-0.3, -0.25) is 4.79 Å². The third-order valence-corrected chi connectivity index (χ3v) is 4.63. The molecule has 0 saturated carbocycles. The van der Waals surface area contributed by atoms with Crippen LogP contribution in [0.2, 0.25) is 0 Å². The highest BCUT2D eigenvalue weighted by Crippen LogP contribution is 2.26. The van der Waals surface area contributed by atoms with Crippen molar-refractivity contribution < 1.29 is 14.7 Å². The zero-order valence-electron chi connectivity index (χ0n) is 12.1. The number of carbonyl (C=O) groups excluding carboxylic acids is 1. The van der Waals surface area contributed by atoms with Crippen LogP contribution < -0.4 is 0 Å². The maximum Gasteiger partial charge on any atom is 0.326 e. The Balaban J connectivity index is 2.08. The van der Waals surface area contributed by atoms with Gasteiger partial charge in [-0.05, 0) is 36.5 Å². The molecule has 1 amide bonds. The van der Waals surface area contributed by atoms with Crippen molar-refractivity contribution in [2.45, 2.75) is 38.6 Å². The molecule has 1 aromatic carbocycles. The quantitative estimate of drug-likeness (QED) is 0.904. The van der Waals surface area contributed by atoms with Crippen molar-refractivity contribution in [2.75, 3.05) is 6.54 Å². The van der Waals surface area contributed by atoms with Crippen LogP contribution in [0.3, 0.4) is 0 Å². The molecule has 0 radical (unpaired) electrons. The Morgan fingerprint density at radius 2 is 2.19 bits per heavy atom. The molecule has 21 heavy (non-hydrogen) atoms. The summed E-state index contributed by atoms with van der Waals surface area (Å²) >= 11 is 3.38. The Hall–Kier alpha value is -1.36. The van der Waals surface area contributed by atoms with Crippen LogP contribution >= 0.6 is 15.9 Å². The summed E-state index contributed by atoms with van der Waals surface area (Å²) in [7, 11) is 0. The van der Waals surface area contributed by atoms with E-state index in [-0.39, 0.29) is 12.3 Å². The monoisotopic (exact) mass is 353 g/mol. The predicted octanol–water partition coefficient (Wildman–Crippen LogP) is 3.09. The molecule has 4 nitrogen and oxygen atoms in total. The molecule has 0 spiro atoms. The number of piperidine rings is 1. The first-order valence-corrected chi connectivity index (χ1v) is 8.07. The first-order chi connectivity index (χ1) is 10.0. The summed E-state index contributed by atoms with van der Waals surface area (Å²) in [5, 5.41) is 9.38. The maximum atomic E-state index is 12.4. The van der Waals surface area contributed by atoms with Gasteiger partial charge in [-0.15, -0.1) is 0 Å². The Bertz CT molecular complexity index is 532. The molecule has 2 atom stereocenters. The van der Waals surface area contributed by atoms with Gasteiger partial charge in [0.1, 0.15) is 6.04 Å². The molecule has 2 rings (SSSR count). The van der Waals surface area contributed by atoms with Crippen molar-refractivity contribution in [3.05, 3.63) is 34.3 Å². The highest BCUT2D eigenvalue weighted by Gasteiger charge is 2.35. The van der Waals surface area contributed by atoms with E-state index in [1.54, 1.807) is 0 Å². The maximum absolute atomic E-state index is 12.4. The zero-order valence-corrected chi connectivity index (χ0v) is 13.7. The lowest BCUT2D eigenvalue weighted by Crippen LogP contribution is -2.50. The molecule has 1 aliphatic heterocycles. The van der Waals surface area contributed by atoms with Gasteiger partial charge >= 0.3 is 5.97 Å². The molecular weight excluding hydrogens is 334 g/mol. The van der Waals surface area contributed by atoms with Gasteiger partial charge in [0, 0.05) is 11.0 Å². The summed E-state index contributed by atoms with van der Waals surface area (Å²) in [6, 6.07) is 6.89. The number of carboxylic acids is 1. The van der Waals surface area contributed by atoms with E-state index in [9.17, 15) is 14.7 Å². The summed E-state index contributed by atoms with van der Waals surface area (Å²) in [5.41, 5.74) is 0.899. The molecule has 0 aliphatic carbocycles. The molecule has 0 bridgehead atoms. The number of aliphatic carboxylic acids is 1. The fourth-order valence-corrected chi connectivity index (χ4v) is 3.31. The van der Waals surface area contributed by atoms with Gasteiger partial charge in [-0.2, -0.15) is 0 Å². The van der Waals surface area contributed by atoms with Crippen molar-refractivity contribution in [3.8, 4) is 0 Å². The number of hydrogen-bond acceptors (Lipinski definition) is 2. The lowest BCUT2D eigenvalue weighted by Gasteiger charge is -2.37. The number of carboxylic acid groups (broad SMARTS) is 1. The Labute approximate surface area is 133 Å². The minimum atomic E-state index is -0.893. The third kappa shape index (κ3) is 4.06. The number of benzene rings is 1. The second-order valence-electron chi connectivity index (χ2n) is 5.55. The Kier molecular flexibility index (Phi) is 5.39. The van der Waals surface area contributed by atoms with E-state index in [0.717, 1.165) is 22.9 Å². The lowest BCUT2D eigenvalue weighted by atomic mass is 9.88. The van der Waals surface area contributed by atoms with Gasteiger partial charge < -0.3 is 10.0 Å². The van der Waals surface area contributed by atoms with E-state index in [0.29, 0.717) is 18.9 Å². The van der Waals surface area contributed by atoms with Crippen molar-refractivity contribution in [1.29, 1.82) is 0 Å². The molecule has 1 N–H and O–H groups in total. The molecule has 0 aromatic heterocycles. The summed E-state index contributed by atoms with van der Waals surface area (Å²) in [6.45, 7) is 2.62. The largest absolute Gasteiger partial charge is 0.480 e. The number of likely N-dealkylation sites (tertiary alicyclic amines) is 1. The molecule has 1 aromatic rings. The van der Waals surface area contributed by atoms with E-state index in [1.165, 1.54) is 4.90 Å². The molecule has 1 aliphatic rings. The normalized spacial score (nSPS) is 22.1. The van der Waals surface area contributed by atoms with Crippen molar-refractivity contribution >= 4 is 27.8 Å². The topological polar surface area (TPSA) is 57.6 Å². The third-order valence-electron chi connectivity index (χ3n) is 4.14. The van der Waals surface area contributed by atoms with Crippen LogP contribution in [0.1, 0.15) is 31.7 Å². The van der Waals surface area contributed by atoms with E-state index >= 15 is 0 Å².